The highest BCUT2D eigenvalue weighted by Crippen LogP contribution is 2.16. The van der Waals surface area contributed by atoms with Crippen LogP contribution in [0.5, 0.6) is 5.75 Å². The first-order chi connectivity index (χ1) is 11.9. The van der Waals surface area contributed by atoms with Crippen LogP contribution in [0.15, 0.2) is 30.3 Å². The number of ether oxygens (including phenoxy) is 2. The van der Waals surface area contributed by atoms with E-state index in [1.165, 1.54) is 13.2 Å². The first-order valence-corrected chi connectivity index (χ1v) is 8.69. The zero-order chi connectivity index (χ0) is 18.8. The van der Waals surface area contributed by atoms with Crippen molar-refractivity contribution in [1.29, 1.82) is 0 Å². The molecule has 138 valence electrons. The van der Waals surface area contributed by atoms with Crippen molar-refractivity contribution in [2.75, 3.05) is 13.7 Å². The van der Waals surface area contributed by atoms with Gasteiger partial charge in [-0.2, -0.15) is 0 Å². The molecule has 0 N–H and O–H groups in total. The molecule has 25 heavy (non-hydrogen) atoms. The summed E-state index contributed by atoms with van der Waals surface area (Å²) in [6.45, 7) is 8.27. The predicted octanol–water partition coefficient (Wildman–Crippen LogP) is 3.68. The Bertz CT molecular complexity index is 595. The van der Waals surface area contributed by atoms with Gasteiger partial charge < -0.3 is 14.4 Å². The molecular weight excluding hydrogens is 318 g/mol. The molecule has 1 atom stereocenters. The third kappa shape index (κ3) is 7.42. The highest BCUT2D eigenvalue weighted by Gasteiger charge is 2.18. The molecule has 1 aromatic carbocycles. The molecule has 5 nitrogen and oxygen atoms in total. The van der Waals surface area contributed by atoms with E-state index >= 15 is 0 Å². The molecule has 1 aromatic rings. The normalized spacial score (nSPS) is 12.2. The van der Waals surface area contributed by atoms with E-state index in [2.05, 4.69) is 4.74 Å². The summed E-state index contributed by atoms with van der Waals surface area (Å²) in [5.41, 5.74) is 0.892. The first-order valence-electron chi connectivity index (χ1n) is 8.69. The second kappa shape index (κ2) is 10.5. The summed E-state index contributed by atoms with van der Waals surface area (Å²) in [5, 5.41) is 0. The van der Waals surface area contributed by atoms with Crippen LogP contribution in [0.3, 0.4) is 0 Å². The third-order valence-corrected chi connectivity index (χ3v) is 3.84. The summed E-state index contributed by atoms with van der Waals surface area (Å²) in [5.74, 6) is 0.339. The highest BCUT2D eigenvalue weighted by molar-refractivity contribution is 5.92. The van der Waals surface area contributed by atoms with Gasteiger partial charge in [-0.15, -0.1) is 0 Å². The van der Waals surface area contributed by atoms with Gasteiger partial charge in [0.05, 0.1) is 19.6 Å². The van der Waals surface area contributed by atoms with Crippen LogP contribution in [0, 0.1) is 0 Å². The van der Waals surface area contributed by atoms with Gasteiger partial charge in [-0.3, -0.25) is 9.59 Å². The minimum Gasteiger partial charge on any atom is -0.491 e. The molecule has 1 amide bonds. The summed E-state index contributed by atoms with van der Waals surface area (Å²) in [6, 6.07) is 7.65. The van der Waals surface area contributed by atoms with Crippen molar-refractivity contribution in [2.24, 2.45) is 0 Å². The minimum absolute atomic E-state index is 0.0532. The van der Waals surface area contributed by atoms with Gasteiger partial charge in [0.2, 0.25) is 5.91 Å². The molecule has 0 radical (unpaired) electrons. The van der Waals surface area contributed by atoms with Crippen molar-refractivity contribution < 1.29 is 19.1 Å². The molecule has 1 rings (SSSR count). The monoisotopic (exact) mass is 347 g/mol. The van der Waals surface area contributed by atoms with Crippen molar-refractivity contribution in [3.63, 3.8) is 0 Å². The van der Waals surface area contributed by atoms with Crippen LogP contribution in [-0.4, -0.2) is 42.6 Å². The lowest BCUT2D eigenvalue weighted by atomic mass is 10.1. The maximum absolute atomic E-state index is 12.5. The Morgan fingerprint density at radius 1 is 1.24 bits per heavy atom. The van der Waals surface area contributed by atoms with E-state index in [4.69, 9.17) is 4.74 Å². The maximum atomic E-state index is 12.5. The van der Waals surface area contributed by atoms with Crippen LogP contribution >= 0.6 is 0 Å². The molecular formula is C20H29NO4. The molecule has 0 aliphatic rings. The molecule has 0 aliphatic carbocycles. The van der Waals surface area contributed by atoms with Crippen LogP contribution in [0.1, 0.15) is 46.1 Å². The number of hydrogen-bond acceptors (Lipinski definition) is 4. The van der Waals surface area contributed by atoms with Gasteiger partial charge in [-0.05, 0) is 51.0 Å². The largest absolute Gasteiger partial charge is 0.491 e. The number of nitrogens with zero attached hydrogens (tertiary/aromatic N) is 1. The molecule has 1 unspecified atom stereocenters. The fourth-order valence-electron chi connectivity index (χ4n) is 2.31. The Balaban J connectivity index is 2.80. The van der Waals surface area contributed by atoms with Crippen molar-refractivity contribution in [2.45, 2.75) is 52.7 Å². The van der Waals surface area contributed by atoms with Gasteiger partial charge >= 0.3 is 5.97 Å². The van der Waals surface area contributed by atoms with Crippen molar-refractivity contribution >= 4 is 18.0 Å². The number of carbonyl (C=O) groups excluding carboxylic acids is 2. The van der Waals surface area contributed by atoms with E-state index in [0.29, 0.717) is 6.54 Å². The second-order valence-electron chi connectivity index (χ2n) is 6.19. The lowest BCUT2D eigenvalue weighted by Crippen LogP contribution is -2.38. The van der Waals surface area contributed by atoms with E-state index in [1.54, 1.807) is 11.0 Å². The minimum atomic E-state index is -0.316. The zero-order valence-corrected chi connectivity index (χ0v) is 15.8. The fourth-order valence-corrected chi connectivity index (χ4v) is 2.31. The summed E-state index contributed by atoms with van der Waals surface area (Å²) in [6.07, 6.45) is 4.41. The number of methoxy groups -OCH3 is 1. The molecule has 0 aliphatic heterocycles. The Labute approximate surface area is 150 Å². The summed E-state index contributed by atoms with van der Waals surface area (Å²) in [7, 11) is 1.35. The molecule has 0 aromatic heterocycles. The Morgan fingerprint density at radius 2 is 1.96 bits per heavy atom. The van der Waals surface area contributed by atoms with Gasteiger partial charge in [0, 0.05) is 18.7 Å². The van der Waals surface area contributed by atoms with Crippen LogP contribution in [0.4, 0.5) is 0 Å². The number of carbonyl (C=O) groups is 2. The van der Waals surface area contributed by atoms with Crippen LogP contribution in [-0.2, 0) is 14.3 Å². The van der Waals surface area contributed by atoms with E-state index < -0.39 is 0 Å². The smallest absolute Gasteiger partial charge is 0.307 e. The van der Waals surface area contributed by atoms with E-state index in [9.17, 15) is 9.59 Å². The van der Waals surface area contributed by atoms with Gasteiger partial charge in [-0.1, -0.05) is 19.1 Å². The highest BCUT2D eigenvalue weighted by atomic mass is 16.5. The topological polar surface area (TPSA) is 55.8 Å². The summed E-state index contributed by atoms with van der Waals surface area (Å²) < 4.78 is 10.3. The number of hydrogen-bond donors (Lipinski definition) is 0. The van der Waals surface area contributed by atoms with E-state index in [-0.39, 0.29) is 30.4 Å². The Morgan fingerprint density at radius 3 is 2.56 bits per heavy atom. The molecule has 5 heteroatoms. The summed E-state index contributed by atoms with van der Waals surface area (Å²) >= 11 is 0. The fraction of sp³-hybridized carbons (Fsp3) is 0.500. The lowest BCUT2D eigenvalue weighted by Gasteiger charge is -2.27. The quantitative estimate of drug-likeness (QED) is 0.505. The first kappa shape index (κ1) is 20.7. The number of benzene rings is 1. The lowest BCUT2D eigenvalue weighted by molar-refractivity contribution is -0.141. The average Bonchev–Trinajstić information content (AvgIpc) is 2.59. The maximum Gasteiger partial charge on any atom is 0.307 e. The number of amides is 1. The standard InChI is InChI=1S/C20H29NO4/c1-6-16(4)21(13-12-20(23)24-5)19(22)11-10-17-8-7-9-18(14-17)25-15(2)3/h7-11,14-16H,6,12-13H2,1-5H3/b11-10+. The Hall–Kier alpha value is -2.30. The SMILES string of the molecule is CCC(C)N(CCC(=O)OC)C(=O)/C=C/c1cccc(OC(C)C)c1. The second-order valence-corrected chi connectivity index (χ2v) is 6.19. The zero-order valence-electron chi connectivity index (χ0n) is 15.8. The van der Waals surface area contributed by atoms with Crippen molar-refractivity contribution in [3.05, 3.63) is 35.9 Å². The number of esters is 1. The molecule has 0 bridgehead atoms. The van der Waals surface area contributed by atoms with Gasteiger partial charge in [0.15, 0.2) is 0 Å². The van der Waals surface area contributed by atoms with Crippen LogP contribution in [0.25, 0.3) is 6.08 Å². The molecule has 0 saturated heterocycles. The van der Waals surface area contributed by atoms with E-state index in [0.717, 1.165) is 17.7 Å². The van der Waals surface area contributed by atoms with Crippen LogP contribution in [0.2, 0.25) is 0 Å². The molecule has 0 heterocycles. The summed E-state index contributed by atoms with van der Waals surface area (Å²) in [4.78, 5) is 25.6. The predicted molar refractivity (Wildman–Crippen MR) is 99.3 cm³/mol. The van der Waals surface area contributed by atoms with Gasteiger partial charge in [-0.25, -0.2) is 0 Å². The molecule has 0 fully saturated rings. The Kier molecular flexibility index (Phi) is 8.75. The third-order valence-electron chi connectivity index (χ3n) is 3.84. The number of rotatable bonds is 9. The van der Waals surface area contributed by atoms with Crippen LogP contribution < -0.4 is 4.74 Å². The average molecular weight is 347 g/mol. The van der Waals surface area contributed by atoms with Crippen molar-refractivity contribution in [3.8, 4) is 5.75 Å². The van der Waals surface area contributed by atoms with Gasteiger partial charge in [0.1, 0.15) is 5.75 Å². The van der Waals surface area contributed by atoms with Crippen molar-refractivity contribution in [1.82, 2.24) is 4.90 Å². The van der Waals surface area contributed by atoms with Gasteiger partial charge in [0.25, 0.3) is 0 Å². The molecule has 0 saturated carbocycles. The van der Waals surface area contributed by atoms with E-state index in [1.807, 2.05) is 52.0 Å². The molecule has 0 spiro atoms.